The molecule has 18 heavy (non-hydrogen) atoms. The highest BCUT2D eigenvalue weighted by Gasteiger charge is 2.12. The first-order chi connectivity index (χ1) is 8.54. The SMILES string of the molecule is Cc1nn(Cc2cccc(F)c2Br)c(C)c1C=O. The third kappa shape index (κ3) is 2.22. The smallest absolute Gasteiger partial charge is 0.153 e. The number of hydrogen-bond acceptors (Lipinski definition) is 2. The summed E-state index contributed by atoms with van der Waals surface area (Å²) in [7, 11) is 0. The highest BCUT2D eigenvalue weighted by Crippen LogP contribution is 2.22. The summed E-state index contributed by atoms with van der Waals surface area (Å²) in [6, 6.07) is 4.87. The van der Waals surface area contributed by atoms with Gasteiger partial charge in [0.2, 0.25) is 0 Å². The largest absolute Gasteiger partial charge is 0.298 e. The van der Waals surface area contributed by atoms with Crippen molar-refractivity contribution in [3.8, 4) is 0 Å². The van der Waals surface area contributed by atoms with Crippen molar-refractivity contribution >= 4 is 22.2 Å². The van der Waals surface area contributed by atoms with Crippen LogP contribution in [0.4, 0.5) is 4.39 Å². The van der Waals surface area contributed by atoms with E-state index in [9.17, 15) is 9.18 Å². The molecular formula is C13H12BrFN2O. The average molecular weight is 311 g/mol. The van der Waals surface area contributed by atoms with Gasteiger partial charge in [-0.2, -0.15) is 5.10 Å². The lowest BCUT2D eigenvalue weighted by atomic mass is 10.2. The fourth-order valence-electron chi connectivity index (χ4n) is 1.87. The maximum Gasteiger partial charge on any atom is 0.153 e. The summed E-state index contributed by atoms with van der Waals surface area (Å²) in [6.07, 6.45) is 0.800. The molecule has 1 aromatic carbocycles. The molecule has 0 N–H and O–H groups in total. The van der Waals surface area contributed by atoms with Gasteiger partial charge >= 0.3 is 0 Å². The fourth-order valence-corrected chi connectivity index (χ4v) is 2.26. The van der Waals surface area contributed by atoms with E-state index in [0.717, 1.165) is 17.5 Å². The van der Waals surface area contributed by atoms with Crippen LogP contribution in [-0.4, -0.2) is 16.1 Å². The highest BCUT2D eigenvalue weighted by atomic mass is 79.9. The van der Waals surface area contributed by atoms with E-state index in [0.29, 0.717) is 22.3 Å². The van der Waals surface area contributed by atoms with Crippen molar-refractivity contribution in [3.63, 3.8) is 0 Å². The molecule has 0 saturated heterocycles. The van der Waals surface area contributed by atoms with Crippen LogP contribution in [-0.2, 0) is 6.54 Å². The van der Waals surface area contributed by atoms with Crippen LogP contribution in [0.1, 0.15) is 27.3 Å². The number of carbonyl (C=O) groups excluding carboxylic acids is 1. The van der Waals surface area contributed by atoms with E-state index in [1.54, 1.807) is 17.7 Å². The van der Waals surface area contributed by atoms with Gasteiger partial charge in [0.15, 0.2) is 6.29 Å². The Morgan fingerprint density at radius 2 is 2.17 bits per heavy atom. The van der Waals surface area contributed by atoms with Crippen LogP contribution in [0.25, 0.3) is 0 Å². The van der Waals surface area contributed by atoms with Crippen LogP contribution >= 0.6 is 15.9 Å². The molecular weight excluding hydrogens is 299 g/mol. The Labute approximate surface area is 113 Å². The zero-order valence-electron chi connectivity index (χ0n) is 10.1. The van der Waals surface area contributed by atoms with Gasteiger partial charge in [0.25, 0.3) is 0 Å². The van der Waals surface area contributed by atoms with Crippen molar-refractivity contribution in [2.24, 2.45) is 0 Å². The second kappa shape index (κ2) is 5.02. The summed E-state index contributed by atoms with van der Waals surface area (Å²) >= 11 is 3.22. The van der Waals surface area contributed by atoms with E-state index in [1.807, 2.05) is 13.0 Å². The van der Waals surface area contributed by atoms with Gasteiger partial charge in [-0.3, -0.25) is 9.48 Å². The van der Waals surface area contributed by atoms with Gasteiger partial charge in [-0.1, -0.05) is 12.1 Å². The Kier molecular flexibility index (Phi) is 3.61. The Morgan fingerprint density at radius 1 is 1.44 bits per heavy atom. The highest BCUT2D eigenvalue weighted by molar-refractivity contribution is 9.10. The minimum atomic E-state index is -0.301. The molecule has 0 amide bonds. The number of nitrogens with zero attached hydrogens (tertiary/aromatic N) is 2. The molecule has 0 unspecified atom stereocenters. The van der Waals surface area contributed by atoms with E-state index in [1.165, 1.54) is 6.07 Å². The number of aryl methyl sites for hydroxylation is 1. The molecule has 2 rings (SSSR count). The van der Waals surface area contributed by atoms with E-state index in [-0.39, 0.29) is 5.82 Å². The zero-order chi connectivity index (χ0) is 13.3. The number of hydrogen-bond donors (Lipinski definition) is 0. The molecule has 3 nitrogen and oxygen atoms in total. The van der Waals surface area contributed by atoms with Crippen molar-refractivity contribution in [3.05, 3.63) is 51.0 Å². The van der Waals surface area contributed by atoms with Crippen molar-refractivity contribution < 1.29 is 9.18 Å². The summed E-state index contributed by atoms with van der Waals surface area (Å²) < 4.78 is 15.5. The molecule has 0 atom stereocenters. The quantitative estimate of drug-likeness (QED) is 0.816. The van der Waals surface area contributed by atoms with Crippen molar-refractivity contribution in [1.82, 2.24) is 9.78 Å². The third-order valence-corrected chi connectivity index (χ3v) is 3.80. The summed E-state index contributed by atoms with van der Waals surface area (Å²) in [6.45, 7) is 4.05. The van der Waals surface area contributed by atoms with Gasteiger partial charge in [0.1, 0.15) is 5.82 Å². The number of benzene rings is 1. The van der Waals surface area contributed by atoms with E-state index in [2.05, 4.69) is 21.0 Å². The first-order valence-electron chi connectivity index (χ1n) is 5.46. The second-order valence-electron chi connectivity index (χ2n) is 4.07. The Hall–Kier alpha value is -1.49. The standard InChI is InChI=1S/C13H12BrFN2O/c1-8-11(7-18)9(2)17(16-8)6-10-4-3-5-12(15)13(10)14/h3-5,7H,6H2,1-2H3. The van der Waals surface area contributed by atoms with Gasteiger partial charge < -0.3 is 0 Å². The summed E-state index contributed by atoms with van der Waals surface area (Å²) in [5, 5.41) is 4.29. The first-order valence-corrected chi connectivity index (χ1v) is 6.26. The molecule has 0 radical (unpaired) electrons. The fraction of sp³-hybridized carbons (Fsp3) is 0.231. The molecule has 5 heteroatoms. The summed E-state index contributed by atoms with van der Waals surface area (Å²) in [4.78, 5) is 10.9. The molecule has 0 bridgehead atoms. The Morgan fingerprint density at radius 3 is 2.78 bits per heavy atom. The Balaban J connectivity index is 2.40. The third-order valence-electron chi connectivity index (χ3n) is 2.91. The lowest BCUT2D eigenvalue weighted by molar-refractivity contribution is 0.112. The number of aromatic nitrogens is 2. The summed E-state index contributed by atoms with van der Waals surface area (Å²) in [5.41, 5.74) is 2.87. The van der Waals surface area contributed by atoms with Gasteiger partial charge in [-0.25, -0.2) is 4.39 Å². The molecule has 0 aliphatic carbocycles. The number of aldehydes is 1. The van der Waals surface area contributed by atoms with Crippen LogP contribution in [0.5, 0.6) is 0 Å². The van der Waals surface area contributed by atoms with Gasteiger partial charge in [-0.15, -0.1) is 0 Å². The monoisotopic (exact) mass is 310 g/mol. The molecule has 0 aliphatic heterocycles. The van der Waals surface area contributed by atoms with E-state index < -0.39 is 0 Å². The molecule has 0 fully saturated rings. The van der Waals surface area contributed by atoms with E-state index >= 15 is 0 Å². The normalized spacial score (nSPS) is 10.7. The predicted molar refractivity (Wildman–Crippen MR) is 70.3 cm³/mol. The van der Waals surface area contributed by atoms with Crippen molar-refractivity contribution in [1.29, 1.82) is 0 Å². The van der Waals surface area contributed by atoms with Gasteiger partial charge in [0.05, 0.1) is 22.3 Å². The average Bonchev–Trinajstić information content (AvgIpc) is 2.60. The van der Waals surface area contributed by atoms with Crippen LogP contribution in [0.15, 0.2) is 22.7 Å². The number of rotatable bonds is 3. The molecule has 2 aromatic rings. The molecule has 0 aliphatic rings. The molecule has 1 heterocycles. The molecule has 1 aromatic heterocycles. The minimum absolute atomic E-state index is 0.301. The van der Waals surface area contributed by atoms with Crippen molar-refractivity contribution in [2.75, 3.05) is 0 Å². The maximum absolute atomic E-state index is 13.4. The van der Waals surface area contributed by atoms with Gasteiger partial charge in [0, 0.05) is 5.69 Å². The lowest BCUT2D eigenvalue weighted by Gasteiger charge is -2.07. The Bertz CT molecular complexity index is 607. The minimum Gasteiger partial charge on any atom is -0.298 e. The number of halogens is 2. The van der Waals surface area contributed by atoms with E-state index in [4.69, 9.17) is 0 Å². The topological polar surface area (TPSA) is 34.9 Å². The first kappa shape index (κ1) is 13.0. The molecule has 0 saturated carbocycles. The van der Waals surface area contributed by atoms with Crippen LogP contribution in [0, 0.1) is 19.7 Å². The van der Waals surface area contributed by atoms with Crippen molar-refractivity contribution in [2.45, 2.75) is 20.4 Å². The van der Waals surface area contributed by atoms with Crippen LogP contribution in [0.3, 0.4) is 0 Å². The summed E-state index contributed by atoms with van der Waals surface area (Å²) in [5.74, 6) is -0.301. The molecule has 0 spiro atoms. The zero-order valence-corrected chi connectivity index (χ0v) is 11.7. The van der Waals surface area contributed by atoms with Crippen LogP contribution in [0.2, 0.25) is 0 Å². The number of carbonyl (C=O) groups is 1. The maximum atomic E-state index is 13.4. The predicted octanol–water partition coefficient (Wildman–Crippen LogP) is 3.26. The van der Waals surface area contributed by atoms with Crippen LogP contribution < -0.4 is 0 Å². The van der Waals surface area contributed by atoms with Gasteiger partial charge in [-0.05, 0) is 41.4 Å². The lowest BCUT2D eigenvalue weighted by Crippen LogP contribution is -2.05. The second-order valence-corrected chi connectivity index (χ2v) is 4.87. The molecule has 94 valence electrons.